The predicted molar refractivity (Wildman–Crippen MR) is 169 cm³/mol. The Morgan fingerprint density at radius 2 is 1.05 bits per heavy atom. The third kappa shape index (κ3) is 5.56. The van der Waals surface area contributed by atoms with Crippen LogP contribution in [0, 0.1) is 0 Å². The van der Waals surface area contributed by atoms with E-state index in [0.29, 0.717) is 5.56 Å². The lowest BCUT2D eigenvalue weighted by Gasteiger charge is -2.35. The Hall–Kier alpha value is -3.47. The summed E-state index contributed by atoms with van der Waals surface area (Å²) in [5.74, 6) is -0.271. The molecule has 0 fully saturated rings. The average molecular weight is 542 g/mol. The standard InChI is InChI=1S/C35H47N3O2/c1-7-17-36-30-21-24(10-4)13-15-28(30)35(29-16-14-25(11-5)22-31(29)37-18-8-2)33-27(34(39)40-35)20-26(12-6)23-32(33)38-19-9-3/h13-16,20-23,36-38H,7-12,17-19H2,1-6H3. The van der Waals surface area contributed by atoms with Crippen molar-refractivity contribution in [1.29, 1.82) is 0 Å². The number of hydrogen-bond acceptors (Lipinski definition) is 5. The third-order valence-electron chi connectivity index (χ3n) is 7.86. The highest BCUT2D eigenvalue weighted by Crippen LogP contribution is 2.54. The van der Waals surface area contributed by atoms with Gasteiger partial charge in [0, 0.05) is 53.4 Å². The van der Waals surface area contributed by atoms with Crippen LogP contribution in [0.4, 0.5) is 17.1 Å². The first-order chi connectivity index (χ1) is 19.5. The van der Waals surface area contributed by atoms with Crippen molar-refractivity contribution in [2.45, 2.75) is 85.7 Å². The van der Waals surface area contributed by atoms with Crippen LogP contribution in [0.5, 0.6) is 0 Å². The lowest BCUT2D eigenvalue weighted by Crippen LogP contribution is -2.33. The predicted octanol–water partition coefficient (Wildman–Crippen LogP) is 8.30. The summed E-state index contributed by atoms with van der Waals surface area (Å²) in [6, 6.07) is 17.4. The summed E-state index contributed by atoms with van der Waals surface area (Å²) in [6.45, 7) is 15.5. The smallest absolute Gasteiger partial charge is 0.340 e. The van der Waals surface area contributed by atoms with Gasteiger partial charge in [0.1, 0.15) is 0 Å². The van der Waals surface area contributed by atoms with Gasteiger partial charge in [-0.05, 0) is 79.5 Å². The van der Waals surface area contributed by atoms with Crippen LogP contribution in [-0.2, 0) is 29.6 Å². The molecule has 3 aromatic carbocycles. The second-order valence-electron chi connectivity index (χ2n) is 10.7. The first-order valence-corrected chi connectivity index (χ1v) is 15.4. The van der Waals surface area contributed by atoms with Crippen LogP contribution >= 0.6 is 0 Å². The number of fused-ring (bicyclic) bond motifs is 1. The van der Waals surface area contributed by atoms with Gasteiger partial charge in [-0.15, -0.1) is 0 Å². The third-order valence-corrected chi connectivity index (χ3v) is 7.86. The van der Waals surface area contributed by atoms with Crippen molar-refractivity contribution in [2.75, 3.05) is 35.6 Å². The summed E-state index contributed by atoms with van der Waals surface area (Å²) in [5, 5.41) is 11.1. The molecule has 0 unspecified atom stereocenters. The number of benzene rings is 3. The van der Waals surface area contributed by atoms with Crippen molar-refractivity contribution in [2.24, 2.45) is 0 Å². The molecule has 5 nitrogen and oxygen atoms in total. The molecule has 1 heterocycles. The Balaban J connectivity index is 2.13. The Morgan fingerprint density at radius 3 is 1.50 bits per heavy atom. The molecule has 1 aliphatic heterocycles. The summed E-state index contributed by atoms with van der Waals surface area (Å²) in [5.41, 5.74) is 9.03. The minimum Gasteiger partial charge on any atom is -0.440 e. The number of ether oxygens (including phenoxy) is 1. The summed E-state index contributed by atoms with van der Waals surface area (Å²) >= 11 is 0. The number of anilines is 3. The van der Waals surface area contributed by atoms with E-state index in [-0.39, 0.29) is 5.97 Å². The molecule has 0 aliphatic carbocycles. The maximum absolute atomic E-state index is 13.9. The number of esters is 1. The number of carbonyl (C=O) groups is 1. The summed E-state index contributed by atoms with van der Waals surface area (Å²) in [7, 11) is 0. The molecule has 3 aromatic rings. The zero-order chi connectivity index (χ0) is 28.7. The summed E-state index contributed by atoms with van der Waals surface area (Å²) < 4.78 is 6.74. The van der Waals surface area contributed by atoms with Crippen molar-refractivity contribution >= 4 is 23.0 Å². The monoisotopic (exact) mass is 541 g/mol. The first-order valence-electron chi connectivity index (χ1n) is 15.4. The van der Waals surface area contributed by atoms with Crippen LogP contribution in [0.3, 0.4) is 0 Å². The minimum atomic E-state index is -1.11. The fraction of sp³-hybridized carbons (Fsp3) is 0.457. The van der Waals surface area contributed by atoms with E-state index < -0.39 is 5.60 Å². The SMILES string of the molecule is CCCNc1cc(CC)ccc1C1(c2ccc(CC)cc2NCCC)OC(=O)c2cc(CC)cc(NCCC)c21. The Kier molecular flexibility index (Phi) is 9.78. The highest BCUT2D eigenvalue weighted by molar-refractivity contribution is 6.00. The topological polar surface area (TPSA) is 62.4 Å². The van der Waals surface area contributed by atoms with Crippen molar-refractivity contribution in [3.63, 3.8) is 0 Å². The average Bonchev–Trinajstić information content (AvgIpc) is 3.29. The van der Waals surface area contributed by atoms with E-state index in [9.17, 15) is 4.79 Å². The maximum Gasteiger partial charge on any atom is 0.340 e. The fourth-order valence-electron chi connectivity index (χ4n) is 5.66. The van der Waals surface area contributed by atoms with E-state index in [1.165, 1.54) is 11.1 Å². The van der Waals surface area contributed by atoms with E-state index in [2.05, 4.69) is 100.0 Å². The van der Waals surface area contributed by atoms with E-state index >= 15 is 0 Å². The van der Waals surface area contributed by atoms with E-state index in [0.717, 1.165) is 97.5 Å². The molecule has 214 valence electrons. The number of cyclic esters (lactones) is 1. The zero-order valence-electron chi connectivity index (χ0n) is 25.3. The van der Waals surface area contributed by atoms with Crippen LogP contribution in [0.2, 0.25) is 0 Å². The quantitative estimate of drug-likeness (QED) is 0.179. The molecule has 4 rings (SSSR count). The number of aryl methyl sites for hydroxylation is 3. The molecular formula is C35H47N3O2. The lowest BCUT2D eigenvalue weighted by molar-refractivity contribution is 0.0257. The lowest BCUT2D eigenvalue weighted by atomic mass is 9.76. The largest absolute Gasteiger partial charge is 0.440 e. The van der Waals surface area contributed by atoms with Crippen LogP contribution in [0.15, 0.2) is 48.5 Å². The maximum atomic E-state index is 13.9. The molecule has 40 heavy (non-hydrogen) atoms. The van der Waals surface area contributed by atoms with Crippen molar-refractivity contribution in [1.82, 2.24) is 0 Å². The number of carbonyl (C=O) groups excluding carboxylic acids is 1. The van der Waals surface area contributed by atoms with Gasteiger partial charge in [0.15, 0.2) is 5.60 Å². The van der Waals surface area contributed by atoms with Crippen LogP contribution in [-0.4, -0.2) is 25.6 Å². The van der Waals surface area contributed by atoms with E-state index in [4.69, 9.17) is 4.74 Å². The number of rotatable bonds is 14. The molecule has 0 amide bonds. The normalized spacial score (nSPS) is 13.6. The number of nitrogens with one attached hydrogen (secondary N) is 3. The molecule has 0 aromatic heterocycles. The Bertz CT molecular complexity index is 1270. The molecule has 3 N–H and O–H groups in total. The molecule has 0 saturated carbocycles. The van der Waals surface area contributed by atoms with Crippen molar-refractivity contribution in [3.05, 3.63) is 87.5 Å². The van der Waals surface area contributed by atoms with Crippen LogP contribution < -0.4 is 16.0 Å². The molecule has 1 aliphatic rings. The van der Waals surface area contributed by atoms with Gasteiger partial charge < -0.3 is 20.7 Å². The first kappa shape index (κ1) is 29.5. The molecule has 0 spiro atoms. The van der Waals surface area contributed by atoms with Gasteiger partial charge in [0.2, 0.25) is 0 Å². The van der Waals surface area contributed by atoms with E-state index in [1.807, 2.05) is 6.07 Å². The van der Waals surface area contributed by atoms with Gasteiger partial charge in [0.25, 0.3) is 0 Å². The molecule has 5 heteroatoms. The van der Waals surface area contributed by atoms with Gasteiger partial charge in [-0.25, -0.2) is 4.79 Å². The highest BCUT2D eigenvalue weighted by Gasteiger charge is 2.52. The number of hydrogen-bond donors (Lipinski definition) is 3. The van der Waals surface area contributed by atoms with E-state index in [1.54, 1.807) is 0 Å². The van der Waals surface area contributed by atoms with Gasteiger partial charge in [-0.3, -0.25) is 0 Å². The van der Waals surface area contributed by atoms with Gasteiger partial charge in [0.05, 0.1) is 5.56 Å². The highest BCUT2D eigenvalue weighted by atomic mass is 16.6. The van der Waals surface area contributed by atoms with Crippen molar-refractivity contribution < 1.29 is 9.53 Å². The summed E-state index contributed by atoms with van der Waals surface area (Å²) in [6.07, 6.45) is 5.69. The Labute approximate surface area is 241 Å². The summed E-state index contributed by atoms with van der Waals surface area (Å²) in [4.78, 5) is 13.9. The fourth-order valence-corrected chi connectivity index (χ4v) is 5.66. The molecule has 0 saturated heterocycles. The van der Waals surface area contributed by atoms with Crippen LogP contribution in [0.1, 0.15) is 105 Å². The molecular weight excluding hydrogens is 494 g/mol. The van der Waals surface area contributed by atoms with Gasteiger partial charge in [-0.2, -0.15) is 0 Å². The molecule has 0 radical (unpaired) electrons. The second kappa shape index (κ2) is 13.3. The molecule has 0 atom stereocenters. The van der Waals surface area contributed by atoms with Crippen molar-refractivity contribution in [3.8, 4) is 0 Å². The molecule has 0 bridgehead atoms. The second-order valence-corrected chi connectivity index (χ2v) is 10.7. The Morgan fingerprint density at radius 1 is 0.600 bits per heavy atom. The minimum absolute atomic E-state index is 0.271. The van der Waals surface area contributed by atoms with Gasteiger partial charge >= 0.3 is 5.97 Å². The van der Waals surface area contributed by atoms with Crippen LogP contribution in [0.25, 0.3) is 0 Å². The zero-order valence-corrected chi connectivity index (χ0v) is 25.3. The van der Waals surface area contributed by atoms with Gasteiger partial charge in [-0.1, -0.05) is 65.8 Å².